The lowest BCUT2D eigenvalue weighted by Gasteiger charge is -2.20. The molecule has 1 amide bonds. The number of carbonyl (C=O) groups is 1. The number of nitrogen functional groups attached to an aromatic ring is 1. The van der Waals surface area contributed by atoms with E-state index in [2.05, 4.69) is 26.1 Å². The Morgan fingerprint density at radius 2 is 2.00 bits per heavy atom. The molecule has 1 aliphatic rings. The summed E-state index contributed by atoms with van der Waals surface area (Å²) in [5.74, 6) is 0.00516. The quantitative estimate of drug-likeness (QED) is 0.863. The van der Waals surface area contributed by atoms with Gasteiger partial charge in [-0.05, 0) is 29.2 Å². The lowest BCUT2D eigenvalue weighted by Crippen LogP contribution is -2.34. The van der Waals surface area contributed by atoms with E-state index < -0.39 is 0 Å². The molecule has 100 valence electrons. The first kappa shape index (κ1) is 13.4. The van der Waals surface area contributed by atoms with Gasteiger partial charge < -0.3 is 11.1 Å². The lowest BCUT2D eigenvalue weighted by molar-refractivity contribution is 0.0937. The highest BCUT2D eigenvalue weighted by Crippen LogP contribution is 2.34. The van der Waals surface area contributed by atoms with Crippen LogP contribution in [0.2, 0.25) is 0 Å². The van der Waals surface area contributed by atoms with Crippen LogP contribution in [-0.2, 0) is 5.41 Å². The molecule has 0 radical (unpaired) electrons. The molecule has 0 aromatic carbocycles. The highest BCUT2D eigenvalue weighted by atomic mass is 32.1. The van der Waals surface area contributed by atoms with Crippen molar-refractivity contribution >= 4 is 22.2 Å². The minimum absolute atomic E-state index is 0.00516. The van der Waals surface area contributed by atoms with E-state index in [0.717, 1.165) is 18.4 Å². The summed E-state index contributed by atoms with van der Waals surface area (Å²) in [7, 11) is 0. The smallest absolute Gasteiger partial charge is 0.254 e. The lowest BCUT2D eigenvalue weighted by atomic mass is 9.86. The van der Waals surface area contributed by atoms with Crippen LogP contribution >= 0.6 is 11.3 Å². The molecule has 0 unspecified atom stereocenters. The molecule has 18 heavy (non-hydrogen) atoms. The molecule has 0 atom stereocenters. The molecule has 1 aromatic heterocycles. The Balaban J connectivity index is 2.21. The van der Waals surface area contributed by atoms with Crippen molar-refractivity contribution in [3.8, 4) is 0 Å². The average Bonchev–Trinajstić information content (AvgIpc) is 2.85. The van der Waals surface area contributed by atoms with Crippen LogP contribution in [0.25, 0.3) is 0 Å². The Morgan fingerprint density at radius 1 is 1.39 bits per heavy atom. The normalized spacial score (nSPS) is 17.1. The van der Waals surface area contributed by atoms with E-state index in [-0.39, 0.29) is 11.3 Å². The van der Waals surface area contributed by atoms with Crippen molar-refractivity contribution in [1.82, 2.24) is 5.32 Å². The van der Waals surface area contributed by atoms with Crippen LogP contribution in [0.4, 0.5) is 5.00 Å². The zero-order valence-electron chi connectivity index (χ0n) is 11.4. The van der Waals surface area contributed by atoms with Crippen LogP contribution in [0.1, 0.15) is 62.4 Å². The number of thiophene rings is 1. The van der Waals surface area contributed by atoms with Crippen LogP contribution in [0, 0.1) is 0 Å². The first-order chi connectivity index (χ1) is 8.39. The molecule has 1 heterocycles. The van der Waals surface area contributed by atoms with E-state index >= 15 is 0 Å². The van der Waals surface area contributed by atoms with Gasteiger partial charge in [0.15, 0.2) is 0 Å². The van der Waals surface area contributed by atoms with Gasteiger partial charge in [-0.15, -0.1) is 11.3 Å². The Bertz CT molecular complexity index is 439. The minimum atomic E-state index is -0.0452. The Hall–Kier alpha value is -1.03. The SMILES string of the molecule is CC(C)(C)c1csc(N)c1C(=O)NC1CCCC1. The summed E-state index contributed by atoms with van der Waals surface area (Å²) in [5.41, 5.74) is 7.68. The molecule has 1 aromatic rings. The average molecular weight is 266 g/mol. The largest absolute Gasteiger partial charge is 0.390 e. The van der Waals surface area contributed by atoms with Gasteiger partial charge in [-0.2, -0.15) is 0 Å². The Morgan fingerprint density at radius 3 is 2.56 bits per heavy atom. The Labute approximate surface area is 113 Å². The minimum Gasteiger partial charge on any atom is -0.390 e. The van der Waals surface area contributed by atoms with Crippen molar-refractivity contribution in [1.29, 1.82) is 0 Å². The number of rotatable bonds is 2. The van der Waals surface area contributed by atoms with Gasteiger partial charge in [-0.25, -0.2) is 0 Å². The zero-order valence-corrected chi connectivity index (χ0v) is 12.2. The maximum absolute atomic E-state index is 12.4. The van der Waals surface area contributed by atoms with Crippen molar-refractivity contribution in [2.24, 2.45) is 0 Å². The van der Waals surface area contributed by atoms with Gasteiger partial charge in [0.1, 0.15) is 0 Å². The maximum atomic E-state index is 12.4. The molecule has 0 spiro atoms. The molecule has 2 rings (SSSR count). The summed E-state index contributed by atoms with van der Waals surface area (Å²) < 4.78 is 0. The van der Waals surface area contributed by atoms with E-state index in [9.17, 15) is 4.79 Å². The maximum Gasteiger partial charge on any atom is 0.254 e. The molecule has 3 nitrogen and oxygen atoms in total. The summed E-state index contributed by atoms with van der Waals surface area (Å²) in [4.78, 5) is 12.4. The fourth-order valence-corrected chi connectivity index (χ4v) is 3.52. The van der Waals surface area contributed by atoms with E-state index in [1.165, 1.54) is 24.2 Å². The fraction of sp³-hybridized carbons (Fsp3) is 0.643. The first-order valence-electron chi connectivity index (χ1n) is 6.58. The van der Waals surface area contributed by atoms with Crippen molar-refractivity contribution < 1.29 is 4.79 Å². The highest BCUT2D eigenvalue weighted by Gasteiger charge is 2.27. The molecule has 3 N–H and O–H groups in total. The second-order valence-electron chi connectivity index (χ2n) is 6.09. The third-order valence-corrected chi connectivity index (χ3v) is 4.36. The van der Waals surface area contributed by atoms with Crippen LogP contribution in [-0.4, -0.2) is 11.9 Å². The fourth-order valence-electron chi connectivity index (χ4n) is 2.49. The van der Waals surface area contributed by atoms with Gasteiger partial charge in [0.25, 0.3) is 5.91 Å². The highest BCUT2D eigenvalue weighted by molar-refractivity contribution is 7.14. The van der Waals surface area contributed by atoms with Crippen LogP contribution in [0.5, 0.6) is 0 Å². The molecule has 0 aliphatic heterocycles. The molecular formula is C14H22N2OS. The summed E-state index contributed by atoms with van der Waals surface area (Å²) in [6, 6.07) is 0.338. The monoisotopic (exact) mass is 266 g/mol. The summed E-state index contributed by atoms with van der Waals surface area (Å²) in [6.07, 6.45) is 4.63. The Kier molecular flexibility index (Phi) is 3.66. The molecule has 4 heteroatoms. The van der Waals surface area contributed by atoms with E-state index in [4.69, 9.17) is 5.73 Å². The molecule has 0 saturated heterocycles. The third kappa shape index (κ3) is 2.69. The summed E-state index contributed by atoms with van der Waals surface area (Å²) in [6.45, 7) is 6.34. The van der Waals surface area contributed by atoms with E-state index in [1.54, 1.807) is 0 Å². The number of carbonyl (C=O) groups excluding carboxylic acids is 1. The standard InChI is InChI=1S/C14H22N2OS/c1-14(2,3)10-8-18-12(15)11(10)13(17)16-9-6-4-5-7-9/h8-9H,4-7,15H2,1-3H3,(H,16,17). The van der Waals surface area contributed by atoms with E-state index in [1.807, 2.05) is 5.38 Å². The van der Waals surface area contributed by atoms with Crippen molar-refractivity contribution in [2.45, 2.75) is 57.9 Å². The van der Waals surface area contributed by atoms with Crippen molar-refractivity contribution in [3.05, 3.63) is 16.5 Å². The second-order valence-corrected chi connectivity index (χ2v) is 7.00. The van der Waals surface area contributed by atoms with Gasteiger partial charge in [0.2, 0.25) is 0 Å². The molecular weight excluding hydrogens is 244 g/mol. The number of amides is 1. The number of hydrogen-bond donors (Lipinski definition) is 2. The van der Waals surface area contributed by atoms with Gasteiger partial charge in [0.05, 0.1) is 10.6 Å². The molecule has 1 aliphatic carbocycles. The van der Waals surface area contributed by atoms with Gasteiger partial charge in [0, 0.05) is 6.04 Å². The predicted molar refractivity (Wildman–Crippen MR) is 77.2 cm³/mol. The molecule has 1 fully saturated rings. The van der Waals surface area contributed by atoms with Crippen LogP contribution < -0.4 is 11.1 Å². The molecule has 0 bridgehead atoms. The van der Waals surface area contributed by atoms with Gasteiger partial charge in [-0.3, -0.25) is 4.79 Å². The first-order valence-corrected chi connectivity index (χ1v) is 7.46. The second kappa shape index (κ2) is 4.92. The van der Waals surface area contributed by atoms with Gasteiger partial charge in [-0.1, -0.05) is 33.6 Å². The van der Waals surface area contributed by atoms with E-state index in [0.29, 0.717) is 16.6 Å². The number of hydrogen-bond acceptors (Lipinski definition) is 3. The topological polar surface area (TPSA) is 55.1 Å². The van der Waals surface area contributed by atoms with Crippen molar-refractivity contribution in [2.75, 3.05) is 5.73 Å². The summed E-state index contributed by atoms with van der Waals surface area (Å²) in [5, 5.41) is 5.77. The molecule has 1 saturated carbocycles. The third-order valence-electron chi connectivity index (χ3n) is 3.54. The van der Waals surface area contributed by atoms with Crippen molar-refractivity contribution in [3.63, 3.8) is 0 Å². The van der Waals surface area contributed by atoms with Crippen LogP contribution in [0.3, 0.4) is 0 Å². The predicted octanol–water partition coefficient (Wildman–Crippen LogP) is 3.30. The van der Waals surface area contributed by atoms with Crippen LogP contribution in [0.15, 0.2) is 5.38 Å². The number of nitrogens with one attached hydrogen (secondary N) is 1. The van der Waals surface area contributed by atoms with Gasteiger partial charge >= 0.3 is 0 Å². The number of nitrogens with two attached hydrogens (primary N) is 1. The summed E-state index contributed by atoms with van der Waals surface area (Å²) >= 11 is 1.46. The zero-order chi connectivity index (χ0) is 13.3. The number of anilines is 1.